The van der Waals surface area contributed by atoms with E-state index in [0.717, 1.165) is 11.1 Å². The van der Waals surface area contributed by atoms with Crippen molar-refractivity contribution in [2.45, 2.75) is 63.8 Å². The summed E-state index contributed by atoms with van der Waals surface area (Å²) in [5.74, 6) is -1.78. The maximum Gasteiger partial charge on any atom is 0.326 e. The van der Waals surface area contributed by atoms with E-state index in [1.807, 2.05) is 60.7 Å². The van der Waals surface area contributed by atoms with Gasteiger partial charge in [0.15, 0.2) is 0 Å². The van der Waals surface area contributed by atoms with Crippen LogP contribution < -0.4 is 10.6 Å². The van der Waals surface area contributed by atoms with E-state index in [9.17, 15) is 19.5 Å². The van der Waals surface area contributed by atoms with Crippen molar-refractivity contribution in [3.05, 3.63) is 71.8 Å². The lowest BCUT2D eigenvalue weighted by Gasteiger charge is -2.28. The zero-order valence-corrected chi connectivity index (χ0v) is 20.4. The van der Waals surface area contributed by atoms with Gasteiger partial charge in [-0.3, -0.25) is 14.9 Å². The monoisotopic (exact) mass is 481 g/mol. The molecule has 4 atom stereocenters. The van der Waals surface area contributed by atoms with Gasteiger partial charge < -0.3 is 20.1 Å². The van der Waals surface area contributed by atoms with Crippen LogP contribution in [-0.2, 0) is 32.1 Å². The minimum atomic E-state index is -1.03. The molecule has 2 aromatic carbocycles. The molecule has 0 unspecified atom stereocenters. The molecule has 0 saturated carbocycles. The summed E-state index contributed by atoms with van der Waals surface area (Å²) in [6.45, 7) is 4.54. The summed E-state index contributed by atoms with van der Waals surface area (Å²) < 4.78 is 5.22. The minimum absolute atomic E-state index is 0.133. The van der Waals surface area contributed by atoms with Gasteiger partial charge in [-0.1, -0.05) is 60.7 Å². The van der Waals surface area contributed by atoms with Gasteiger partial charge in [0.25, 0.3) is 0 Å². The number of likely N-dealkylation sites (tertiary alicyclic amines) is 1. The third-order valence-electron chi connectivity index (χ3n) is 6.26. The van der Waals surface area contributed by atoms with Crippen molar-refractivity contribution < 1.29 is 24.2 Å². The fourth-order valence-corrected chi connectivity index (χ4v) is 4.41. The Labute approximate surface area is 206 Å². The topological polar surface area (TPSA) is 108 Å². The number of aryl methyl sites for hydroxylation is 1. The highest BCUT2D eigenvalue weighted by Gasteiger charge is 2.41. The Morgan fingerprint density at radius 2 is 1.69 bits per heavy atom. The molecule has 0 radical (unpaired) electrons. The van der Waals surface area contributed by atoms with Crippen LogP contribution in [0.1, 0.15) is 37.8 Å². The Morgan fingerprint density at radius 1 is 1.06 bits per heavy atom. The molecule has 0 aliphatic carbocycles. The average molecular weight is 482 g/mol. The number of carboxylic acid groups (broad SMARTS) is 1. The molecule has 3 rings (SSSR count). The lowest BCUT2D eigenvalue weighted by atomic mass is 10.0. The summed E-state index contributed by atoms with van der Waals surface area (Å²) in [4.78, 5) is 39.2. The molecule has 1 aliphatic heterocycles. The number of carboxylic acids is 1. The zero-order chi connectivity index (χ0) is 25.2. The summed E-state index contributed by atoms with van der Waals surface area (Å²) >= 11 is 0. The van der Waals surface area contributed by atoms with Crippen molar-refractivity contribution in [1.29, 1.82) is 0 Å². The van der Waals surface area contributed by atoms with Gasteiger partial charge in [-0.15, -0.1) is 0 Å². The van der Waals surface area contributed by atoms with Crippen LogP contribution >= 0.6 is 0 Å². The Kier molecular flexibility index (Phi) is 9.81. The Morgan fingerprint density at radius 3 is 2.29 bits per heavy atom. The molecule has 3 N–H and O–H groups in total. The summed E-state index contributed by atoms with van der Waals surface area (Å²) in [5, 5.41) is 16.2. The first kappa shape index (κ1) is 26.4. The Hall–Kier alpha value is -3.23. The second-order valence-corrected chi connectivity index (χ2v) is 8.86. The van der Waals surface area contributed by atoms with Gasteiger partial charge in [0.05, 0.1) is 12.6 Å². The second-order valence-electron chi connectivity index (χ2n) is 8.86. The van der Waals surface area contributed by atoms with Crippen LogP contribution in [0, 0.1) is 0 Å². The third kappa shape index (κ3) is 7.63. The lowest BCUT2D eigenvalue weighted by Crippen LogP contribution is -2.53. The first-order chi connectivity index (χ1) is 16.9. The van der Waals surface area contributed by atoms with Crippen molar-refractivity contribution in [3.63, 3.8) is 0 Å². The molecule has 0 spiro atoms. The maximum absolute atomic E-state index is 13.3. The summed E-state index contributed by atoms with van der Waals surface area (Å²) in [6.07, 6.45) is 1.44. The molecule has 2 aromatic rings. The van der Waals surface area contributed by atoms with E-state index in [1.165, 1.54) is 4.90 Å². The van der Waals surface area contributed by atoms with Gasteiger partial charge in [0.2, 0.25) is 5.91 Å². The summed E-state index contributed by atoms with van der Waals surface area (Å²) in [6, 6.07) is 17.2. The van der Waals surface area contributed by atoms with Crippen molar-refractivity contribution in [1.82, 2.24) is 15.5 Å². The first-order valence-electron chi connectivity index (χ1n) is 12.2. The molecule has 8 heteroatoms. The van der Waals surface area contributed by atoms with Crippen LogP contribution in [0.4, 0.5) is 0 Å². The SMILES string of the molecule is CCOC(=O)[C@H](CCc1ccccc1)N[C@@H](C)C(=O)N1C[C@@H](NCc2ccccc2)C[C@H]1C(=O)O. The van der Waals surface area contributed by atoms with Gasteiger partial charge in [-0.05, 0) is 44.2 Å². The Bertz CT molecular complexity index is 969. The van der Waals surface area contributed by atoms with E-state index < -0.39 is 30.1 Å². The lowest BCUT2D eigenvalue weighted by molar-refractivity contribution is -0.150. The van der Waals surface area contributed by atoms with Crippen LogP contribution in [0.2, 0.25) is 0 Å². The number of ether oxygens (including phenoxy) is 1. The number of esters is 1. The predicted molar refractivity (Wildman–Crippen MR) is 133 cm³/mol. The highest BCUT2D eigenvalue weighted by molar-refractivity contribution is 5.88. The zero-order valence-electron chi connectivity index (χ0n) is 20.4. The number of rotatable bonds is 12. The number of carbonyl (C=O) groups is 3. The molecule has 1 aliphatic rings. The van der Waals surface area contributed by atoms with Gasteiger partial charge in [-0.2, -0.15) is 0 Å². The molecule has 0 aromatic heterocycles. The van der Waals surface area contributed by atoms with Crippen LogP contribution in [0.15, 0.2) is 60.7 Å². The second kappa shape index (κ2) is 13.0. The van der Waals surface area contributed by atoms with Crippen LogP contribution in [0.3, 0.4) is 0 Å². The maximum atomic E-state index is 13.3. The minimum Gasteiger partial charge on any atom is -0.480 e. The fourth-order valence-electron chi connectivity index (χ4n) is 4.41. The van der Waals surface area contributed by atoms with E-state index in [2.05, 4.69) is 10.6 Å². The Balaban J connectivity index is 1.62. The fraction of sp³-hybridized carbons (Fsp3) is 0.444. The largest absolute Gasteiger partial charge is 0.480 e. The van der Waals surface area contributed by atoms with Crippen molar-refractivity contribution in [2.75, 3.05) is 13.2 Å². The molecular weight excluding hydrogens is 446 g/mol. The smallest absolute Gasteiger partial charge is 0.326 e. The molecule has 1 amide bonds. The van der Waals surface area contributed by atoms with E-state index in [0.29, 0.717) is 32.4 Å². The number of hydrogen-bond acceptors (Lipinski definition) is 6. The van der Waals surface area contributed by atoms with Crippen molar-refractivity contribution >= 4 is 17.8 Å². The molecule has 1 fully saturated rings. The van der Waals surface area contributed by atoms with Gasteiger partial charge in [0.1, 0.15) is 12.1 Å². The number of nitrogens with one attached hydrogen (secondary N) is 2. The molecule has 35 heavy (non-hydrogen) atoms. The van der Waals surface area contributed by atoms with Crippen molar-refractivity contribution in [2.24, 2.45) is 0 Å². The van der Waals surface area contributed by atoms with E-state index in [4.69, 9.17) is 4.74 Å². The van der Waals surface area contributed by atoms with Crippen LogP contribution in [0.5, 0.6) is 0 Å². The number of hydrogen-bond donors (Lipinski definition) is 3. The first-order valence-corrected chi connectivity index (χ1v) is 12.2. The molecule has 8 nitrogen and oxygen atoms in total. The number of carbonyl (C=O) groups excluding carboxylic acids is 2. The normalized spacial score (nSPS) is 19.2. The van der Waals surface area contributed by atoms with Crippen LogP contribution in [0.25, 0.3) is 0 Å². The molecular formula is C27H35N3O5. The van der Waals surface area contributed by atoms with Crippen molar-refractivity contribution in [3.8, 4) is 0 Å². The number of nitrogens with zero attached hydrogens (tertiary/aromatic N) is 1. The average Bonchev–Trinajstić information content (AvgIpc) is 3.31. The molecule has 0 bridgehead atoms. The number of benzene rings is 2. The molecule has 188 valence electrons. The van der Waals surface area contributed by atoms with E-state index in [1.54, 1.807) is 13.8 Å². The highest BCUT2D eigenvalue weighted by atomic mass is 16.5. The standard InChI is InChI=1S/C27H35N3O5/c1-3-35-27(34)23(15-14-20-10-6-4-7-11-20)29-19(2)25(31)30-18-22(16-24(30)26(32)33)28-17-21-12-8-5-9-13-21/h4-13,19,22-24,28-29H,3,14-18H2,1-2H3,(H,32,33)/t19-,22-,23-,24-/m0/s1. The predicted octanol–water partition coefficient (Wildman–Crippen LogP) is 2.37. The van der Waals surface area contributed by atoms with Gasteiger partial charge in [-0.25, -0.2) is 4.79 Å². The summed E-state index contributed by atoms with van der Waals surface area (Å²) in [5.41, 5.74) is 2.18. The molecule has 1 heterocycles. The van der Waals surface area contributed by atoms with Crippen LogP contribution in [-0.4, -0.2) is 65.2 Å². The molecule has 1 saturated heterocycles. The quantitative estimate of drug-likeness (QED) is 0.400. The third-order valence-corrected chi connectivity index (χ3v) is 6.26. The van der Waals surface area contributed by atoms with E-state index in [-0.39, 0.29) is 18.6 Å². The van der Waals surface area contributed by atoms with Gasteiger partial charge >= 0.3 is 11.9 Å². The highest BCUT2D eigenvalue weighted by Crippen LogP contribution is 2.20. The van der Waals surface area contributed by atoms with Gasteiger partial charge in [0, 0.05) is 19.1 Å². The van der Waals surface area contributed by atoms with E-state index >= 15 is 0 Å². The summed E-state index contributed by atoms with van der Waals surface area (Å²) in [7, 11) is 0. The number of amides is 1. The number of aliphatic carboxylic acids is 1.